The maximum Gasteiger partial charge on any atom is 0.242 e. The normalized spacial score (nSPS) is 26.4. The zero-order chi connectivity index (χ0) is 15.2. The number of amides is 2. The predicted octanol–water partition coefficient (Wildman–Crippen LogP) is 0.628. The number of azide groups is 1. The van der Waals surface area contributed by atoms with Crippen LogP contribution in [0.1, 0.15) is 32.1 Å². The van der Waals surface area contributed by atoms with Gasteiger partial charge in [-0.25, -0.2) is 0 Å². The minimum absolute atomic E-state index is 0.0378. The first-order valence-corrected chi connectivity index (χ1v) is 7.48. The van der Waals surface area contributed by atoms with Crippen molar-refractivity contribution in [3.05, 3.63) is 10.4 Å². The average molecular weight is 294 g/mol. The second-order valence-electron chi connectivity index (χ2n) is 5.66. The van der Waals surface area contributed by atoms with Crippen molar-refractivity contribution >= 4 is 11.8 Å². The molecule has 2 heterocycles. The summed E-state index contributed by atoms with van der Waals surface area (Å²) < 4.78 is 0. The van der Waals surface area contributed by atoms with Crippen LogP contribution >= 0.6 is 0 Å². The number of hydrogen-bond acceptors (Lipinski definition) is 4. The lowest BCUT2D eigenvalue weighted by atomic mass is 10.1. The zero-order valence-corrected chi connectivity index (χ0v) is 12.1. The number of hydrogen-bond donors (Lipinski definition) is 1. The van der Waals surface area contributed by atoms with Crippen molar-refractivity contribution in [3.63, 3.8) is 0 Å². The first kappa shape index (κ1) is 15.6. The summed E-state index contributed by atoms with van der Waals surface area (Å²) >= 11 is 0. The van der Waals surface area contributed by atoms with Gasteiger partial charge in [0.25, 0.3) is 0 Å². The fourth-order valence-electron chi connectivity index (χ4n) is 3.03. The molecule has 21 heavy (non-hydrogen) atoms. The Balaban J connectivity index is 1.96. The van der Waals surface area contributed by atoms with E-state index < -0.39 is 6.04 Å². The van der Waals surface area contributed by atoms with Crippen LogP contribution in [0.15, 0.2) is 5.11 Å². The maximum atomic E-state index is 12.4. The summed E-state index contributed by atoms with van der Waals surface area (Å²) in [6.07, 6.45) is 4.24. The van der Waals surface area contributed by atoms with Gasteiger partial charge in [-0.3, -0.25) is 9.59 Å². The van der Waals surface area contributed by atoms with Crippen molar-refractivity contribution in [3.8, 4) is 0 Å². The van der Waals surface area contributed by atoms with E-state index in [4.69, 9.17) is 11.3 Å². The highest BCUT2D eigenvalue weighted by Crippen LogP contribution is 2.19. The highest BCUT2D eigenvalue weighted by atomic mass is 16.2. The molecule has 2 unspecified atom stereocenters. The van der Waals surface area contributed by atoms with Gasteiger partial charge in [0.1, 0.15) is 0 Å². The van der Waals surface area contributed by atoms with E-state index in [9.17, 15) is 9.59 Å². The van der Waals surface area contributed by atoms with E-state index in [1.165, 1.54) is 0 Å². The number of nitrogens with two attached hydrogens (primary N) is 1. The topological polar surface area (TPSA) is 115 Å². The van der Waals surface area contributed by atoms with Gasteiger partial charge in [-0.1, -0.05) is 5.11 Å². The summed E-state index contributed by atoms with van der Waals surface area (Å²) in [4.78, 5) is 30.6. The predicted molar refractivity (Wildman–Crippen MR) is 77.2 cm³/mol. The summed E-state index contributed by atoms with van der Waals surface area (Å²) in [6.45, 7) is 1.64. The highest BCUT2D eigenvalue weighted by Gasteiger charge is 2.31. The van der Waals surface area contributed by atoms with E-state index in [0.717, 1.165) is 25.7 Å². The molecule has 0 aromatic heterocycles. The number of carbonyl (C=O) groups excluding carboxylic acids is 2. The van der Waals surface area contributed by atoms with Crippen LogP contribution in [0.4, 0.5) is 0 Å². The molecule has 0 aliphatic carbocycles. The van der Waals surface area contributed by atoms with E-state index >= 15 is 0 Å². The van der Waals surface area contributed by atoms with Gasteiger partial charge < -0.3 is 15.5 Å². The van der Waals surface area contributed by atoms with Crippen molar-refractivity contribution in [1.29, 1.82) is 0 Å². The van der Waals surface area contributed by atoms with Crippen LogP contribution < -0.4 is 5.73 Å². The van der Waals surface area contributed by atoms with Gasteiger partial charge in [-0.15, -0.1) is 0 Å². The number of nitrogens with zero attached hydrogens (tertiary/aromatic N) is 5. The van der Waals surface area contributed by atoms with Crippen molar-refractivity contribution in [2.24, 2.45) is 10.8 Å². The van der Waals surface area contributed by atoms with Crippen LogP contribution in [0.5, 0.6) is 0 Å². The third kappa shape index (κ3) is 3.86. The van der Waals surface area contributed by atoms with Gasteiger partial charge in [-0.2, -0.15) is 0 Å². The molecule has 2 rings (SSSR count). The molecule has 8 heteroatoms. The molecule has 2 aliphatic rings. The van der Waals surface area contributed by atoms with Crippen LogP contribution in [0.2, 0.25) is 0 Å². The SMILES string of the molecule is [N-]=[N+]=NCC1CCCN1C(=O)CN1CCCCC(N)C1=O. The van der Waals surface area contributed by atoms with Gasteiger partial charge in [0.2, 0.25) is 11.8 Å². The number of likely N-dealkylation sites (tertiary alicyclic amines) is 2. The van der Waals surface area contributed by atoms with Crippen molar-refractivity contribution in [2.45, 2.75) is 44.2 Å². The average Bonchev–Trinajstić information content (AvgIpc) is 2.89. The van der Waals surface area contributed by atoms with E-state index in [1.54, 1.807) is 9.80 Å². The quantitative estimate of drug-likeness (QED) is 0.465. The maximum absolute atomic E-state index is 12.4. The minimum atomic E-state index is -0.488. The molecule has 0 saturated carbocycles. The summed E-state index contributed by atoms with van der Waals surface area (Å²) in [5.74, 6) is -0.209. The summed E-state index contributed by atoms with van der Waals surface area (Å²) in [5.41, 5.74) is 14.2. The standard InChI is InChI=1S/C13H22N6O2/c14-11-5-1-2-6-18(13(11)21)9-12(20)19-7-3-4-10(19)8-16-17-15/h10-11H,1-9,14H2. The van der Waals surface area contributed by atoms with Crippen LogP contribution in [0.25, 0.3) is 10.4 Å². The molecule has 0 aromatic carbocycles. The lowest BCUT2D eigenvalue weighted by molar-refractivity contribution is -0.141. The molecular formula is C13H22N6O2. The zero-order valence-electron chi connectivity index (χ0n) is 12.1. The molecule has 2 saturated heterocycles. The molecular weight excluding hydrogens is 272 g/mol. The third-order valence-corrected chi connectivity index (χ3v) is 4.20. The molecule has 0 aromatic rings. The molecule has 116 valence electrons. The van der Waals surface area contributed by atoms with Crippen molar-refractivity contribution < 1.29 is 9.59 Å². The van der Waals surface area contributed by atoms with Crippen LogP contribution in [-0.4, -0.2) is 59.9 Å². The van der Waals surface area contributed by atoms with Crippen molar-refractivity contribution in [2.75, 3.05) is 26.2 Å². The second kappa shape index (κ2) is 7.28. The van der Waals surface area contributed by atoms with Crippen LogP contribution in [-0.2, 0) is 9.59 Å². The van der Waals surface area contributed by atoms with E-state index in [0.29, 0.717) is 26.1 Å². The molecule has 2 amide bonds. The summed E-state index contributed by atoms with van der Waals surface area (Å²) in [6, 6.07) is -0.526. The number of rotatable bonds is 4. The van der Waals surface area contributed by atoms with Gasteiger partial charge in [0.05, 0.1) is 12.6 Å². The number of carbonyl (C=O) groups is 2. The Labute approximate surface area is 123 Å². The highest BCUT2D eigenvalue weighted by molar-refractivity contribution is 5.87. The molecule has 2 aliphatic heterocycles. The van der Waals surface area contributed by atoms with Gasteiger partial charge >= 0.3 is 0 Å². The Hall–Kier alpha value is -1.79. The first-order valence-electron chi connectivity index (χ1n) is 7.48. The Morgan fingerprint density at radius 1 is 1.33 bits per heavy atom. The smallest absolute Gasteiger partial charge is 0.242 e. The Morgan fingerprint density at radius 2 is 2.14 bits per heavy atom. The van der Waals surface area contributed by atoms with E-state index in [-0.39, 0.29) is 24.4 Å². The molecule has 2 N–H and O–H groups in total. The molecule has 0 bridgehead atoms. The Morgan fingerprint density at radius 3 is 2.90 bits per heavy atom. The monoisotopic (exact) mass is 294 g/mol. The van der Waals surface area contributed by atoms with Gasteiger partial charge in [-0.05, 0) is 37.6 Å². The fraction of sp³-hybridized carbons (Fsp3) is 0.846. The van der Waals surface area contributed by atoms with Crippen molar-refractivity contribution in [1.82, 2.24) is 9.80 Å². The third-order valence-electron chi connectivity index (χ3n) is 4.20. The lowest BCUT2D eigenvalue weighted by Crippen LogP contribution is -2.49. The largest absolute Gasteiger partial charge is 0.338 e. The lowest BCUT2D eigenvalue weighted by Gasteiger charge is -2.28. The molecule has 2 fully saturated rings. The Bertz CT molecular complexity index is 448. The second-order valence-corrected chi connectivity index (χ2v) is 5.66. The van der Waals surface area contributed by atoms with Crippen LogP contribution in [0.3, 0.4) is 0 Å². The van der Waals surface area contributed by atoms with Gasteiger partial charge in [0, 0.05) is 30.6 Å². The van der Waals surface area contributed by atoms with Crippen LogP contribution in [0, 0.1) is 0 Å². The molecule has 8 nitrogen and oxygen atoms in total. The van der Waals surface area contributed by atoms with E-state index in [1.807, 2.05) is 0 Å². The fourth-order valence-corrected chi connectivity index (χ4v) is 3.03. The Kier molecular flexibility index (Phi) is 5.41. The summed E-state index contributed by atoms with van der Waals surface area (Å²) in [7, 11) is 0. The minimum Gasteiger partial charge on any atom is -0.338 e. The first-order chi connectivity index (χ1) is 10.1. The summed E-state index contributed by atoms with van der Waals surface area (Å²) in [5, 5.41) is 3.56. The van der Waals surface area contributed by atoms with E-state index in [2.05, 4.69) is 10.0 Å². The molecule has 2 atom stereocenters. The molecule has 0 spiro atoms. The molecule has 0 radical (unpaired) electrons. The van der Waals surface area contributed by atoms with Gasteiger partial charge in [0.15, 0.2) is 0 Å².